The summed E-state index contributed by atoms with van der Waals surface area (Å²) in [5, 5.41) is 4.87. The zero-order chi connectivity index (χ0) is 14.8. The van der Waals surface area contributed by atoms with Crippen molar-refractivity contribution in [2.45, 2.75) is 6.92 Å². The third-order valence-corrected chi connectivity index (χ3v) is 3.49. The summed E-state index contributed by atoms with van der Waals surface area (Å²) in [5.41, 5.74) is 8.82. The first kappa shape index (κ1) is 13.2. The van der Waals surface area contributed by atoms with Gasteiger partial charge in [0.15, 0.2) is 0 Å². The Morgan fingerprint density at radius 1 is 1.00 bits per heavy atom. The van der Waals surface area contributed by atoms with Gasteiger partial charge in [-0.3, -0.25) is 4.79 Å². The van der Waals surface area contributed by atoms with Gasteiger partial charge in [0, 0.05) is 5.56 Å². The molecule has 3 heteroatoms. The van der Waals surface area contributed by atoms with Gasteiger partial charge in [-0.1, -0.05) is 42.5 Å². The lowest BCUT2D eigenvalue weighted by Crippen LogP contribution is -2.13. The van der Waals surface area contributed by atoms with E-state index in [4.69, 9.17) is 5.73 Å². The fourth-order valence-corrected chi connectivity index (χ4v) is 2.39. The Morgan fingerprint density at radius 3 is 2.62 bits per heavy atom. The maximum Gasteiger partial charge on any atom is 0.256 e. The molecule has 3 nitrogen and oxygen atoms in total. The molecule has 3 N–H and O–H groups in total. The van der Waals surface area contributed by atoms with Gasteiger partial charge in [0.05, 0.1) is 11.4 Å². The first-order chi connectivity index (χ1) is 10.1. The fraction of sp³-hybridized carbons (Fsp3) is 0.0556. The summed E-state index contributed by atoms with van der Waals surface area (Å²) in [5.74, 6) is -0.149. The van der Waals surface area contributed by atoms with Crippen LogP contribution in [0.4, 0.5) is 11.4 Å². The number of nitrogens with two attached hydrogens (primary N) is 1. The van der Waals surface area contributed by atoms with Crippen molar-refractivity contribution >= 4 is 28.1 Å². The monoisotopic (exact) mass is 276 g/mol. The molecule has 0 aliphatic heterocycles. The minimum atomic E-state index is -0.149. The number of aryl methyl sites for hydroxylation is 1. The van der Waals surface area contributed by atoms with Crippen molar-refractivity contribution in [2.75, 3.05) is 11.1 Å². The van der Waals surface area contributed by atoms with Gasteiger partial charge in [-0.05, 0) is 41.5 Å². The zero-order valence-corrected chi connectivity index (χ0v) is 11.8. The Balaban J connectivity index is 1.99. The van der Waals surface area contributed by atoms with Gasteiger partial charge in [0.25, 0.3) is 5.91 Å². The van der Waals surface area contributed by atoms with Crippen molar-refractivity contribution in [2.24, 2.45) is 0 Å². The van der Waals surface area contributed by atoms with Crippen LogP contribution in [0.15, 0.2) is 60.7 Å². The number of nitrogen functional groups attached to an aromatic ring is 1. The van der Waals surface area contributed by atoms with Crippen LogP contribution in [0.3, 0.4) is 0 Å². The molecule has 0 fully saturated rings. The predicted molar refractivity (Wildman–Crippen MR) is 87.5 cm³/mol. The molecule has 0 saturated carbocycles. The van der Waals surface area contributed by atoms with Crippen LogP contribution in [0.2, 0.25) is 0 Å². The van der Waals surface area contributed by atoms with E-state index in [0.717, 1.165) is 16.3 Å². The summed E-state index contributed by atoms with van der Waals surface area (Å²) in [6.07, 6.45) is 0. The standard InChI is InChI=1S/C18H16N2O/c1-12-9-10-16(19)17(11-12)20-18(21)15-8-4-6-13-5-2-3-7-14(13)15/h2-11H,19H2,1H3,(H,20,21). The van der Waals surface area contributed by atoms with Crippen molar-refractivity contribution in [3.63, 3.8) is 0 Å². The Morgan fingerprint density at radius 2 is 1.76 bits per heavy atom. The molecule has 3 aromatic carbocycles. The largest absolute Gasteiger partial charge is 0.397 e. The molecule has 1 amide bonds. The van der Waals surface area contributed by atoms with Crippen LogP contribution in [0.5, 0.6) is 0 Å². The van der Waals surface area contributed by atoms with Crippen molar-refractivity contribution < 1.29 is 4.79 Å². The molecular formula is C18H16N2O. The molecular weight excluding hydrogens is 260 g/mol. The molecule has 3 aromatic rings. The highest BCUT2D eigenvalue weighted by molar-refractivity contribution is 6.13. The SMILES string of the molecule is Cc1ccc(N)c(NC(=O)c2cccc3ccccc23)c1. The molecule has 0 bridgehead atoms. The second kappa shape index (κ2) is 5.29. The van der Waals surface area contributed by atoms with E-state index in [0.29, 0.717) is 16.9 Å². The van der Waals surface area contributed by atoms with Crippen molar-refractivity contribution in [3.8, 4) is 0 Å². The molecule has 0 radical (unpaired) electrons. The normalized spacial score (nSPS) is 10.5. The van der Waals surface area contributed by atoms with Crippen LogP contribution in [0, 0.1) is 6.92 Å². The average molecular weight is 276 g/mol. The number of rotatable bonds is 2. The first-order valence-corrected chi connectivity index (χ1v) is 6.80. The van der Waals surface area contributed by atoms with E-state index in [1.165, 1.54) is 0 Å². The van der Waals surface area contributed by atoms with Gasteiger partial charge in [-0.2, -0.15) is 0 Å². The molecule has 21 heavy (non-hydrogen) atoms. The third-order valence-electron chi connectivity index (χ3n) is 3.49. The van der Waals surface area contributed by atoms with Crippen LogP contribution in [0.1, 0.15) is 15.9 Å². The van der Waals surface area contributed by atoms with Crippen LogP contribution >= 0.6 is 0 Å². The zero-order valence-electron chi connectivity index (χ0n) is 11.8. The minimum absolute atomic E-state index is 0.149. The van der Waals surface area contributed by atoms with Crippen molar-refractivity contribution in [1.29, 1.82) is 0 Å². The van der Waals surface area contributed by atoms with Crippen molar-refractivity contribution in [1.82, 2.24) is 0 Å². The Bertz CT molecular complexity index is 819. The summed E-state index contributed by atoms with van der Waals surface area (Å²) in [7, 11) is 0. The molecule has 0 aromatic heterocycles. The quantitative estimate of drug-likeness (QED) is 0.695. The van der Waals surface area contributed by atoms with Gasteiger partial charge in [-0.25, -0.2) is 0 Å². The van der Waals surface area contributed by atoms with Crippen LogP contribution in [-0.4, -0.2) is 5.91 Å². The number of nitrogens with one attached hydrogen (secondary N) is 1. The number of hydrogen-bond acceptors (Lipinski definition) is 2. The smallest absolute Gasteiger partial charge is 0.256 e. The predicted octanol–water partition coefficient (Wildman–Crippen LogP) is 3.98. The number of benzene rings is 3. The molecule has 0 unspecified atom stereocenters. The fourth-order valence-electron chi connectivity index (χ4n) is 2.39. The van der Waals surface area contributed by atoms with E-state index < -0.39 is 0 Å². The van der Waals surface area contributed by atoms with Gasteiger partial charge in [-0.15, -0.1) is 0 Å². The number of carbonyl (C=O) groups excluding carboxylic acids is 1. The topological polar surface area (TPSA) is 55.1 Å². The van der Waals surface area contributed by atoms with E-state index in [9.17, 15) is 4.79 Å². The van der Waals surface area contributed by atoms with Crippen LogP contribution < -0.4 is 11.1 Å². The second-order valence-corrected chi connectivity index (χ2v) is 5.07. The van der Waals surface area contributed by atoms with E-state index in [2.05, 4.69) is 5.32 Å². The molecule has 0 atom stereocenters. The molecule has 0 saturated heterocycles. The number of anilines is 2. The lowest BCUT2D eigenvalue weighted by Gasteiger charge is -2.10. The van der Waals surface area contributed by atoms with E-state index >= 15 is 0 Å². The van der Waals surface area contributed by atoms with E-state index in [1.807, 2.05) is 61.5 Å². The van der Waals surface area contributed by atoms with Gasteiger partial charge in [0.2, 0.25) is 0 Å². The molecule has 0 spiro atoms. The summed E-state index contributed by atoms with van der Waals surface area (Å²) in [4.78, 5) is 12.5. The lowest BCUT2D eigenvalue weighted by atomic mass is 10.0. The maximum absolute atomic E-state index is 12.5. The van der Waals surface area contributed by atoms with Gasteiger partial charge < -0.3 is 11.1 Å². The molecule has 0 aliphatic carbocycles. The number of fused-ring (bicyclic) bond motifs is 1. The second-order valence-electron chi connectivity index (χ2n) is 5.07. The number of hydrogen-bond donors (Lipinski definition) is 2. The summed E-state index contributed by atoms with van der Waals surface area (Å²) >= 11 is 0. The Labute approximate surface area is 123 Å². The van der Waals surface area contributed by atoms with Gasteiger partial charge in [0.1, 0.15) is 0 Å². The first-order valence-electron chi connectivity index (χ1n) is 6.80. The summed E-state index contributed by atoms with van der Waals surface area (Å²) < 4.78 is 0. The van der Waals surface area contributed by atoms with Crippen molar-refractivity contribution in [3.05, 3.63) is 71.8 Å². The van der Waals surface area contributed by atoms with E-state index in [-0.39, 0.29) is 5.91 Å². The highest BCUT2D eigenvalue weighted by atomic mass is 16.1. The number of carbonyl (C=O) groups is 1. The highest BCUT2D eigenvalue weighted by Crippen LogP contribution is 2.23. The van der Waals surface area contributed by atoms with E-state index in [1.54, 1.807) is 6.07 Å². The van der Waals surface area contributed by atoms with Crippen LogP contribution in [-0.2, 0) is 0 Å². The van der Waals surface area contributed by atoms with Crippen LogP contribution in [0.25, 0.3) is 10.8 Å². The lowest BCUT2D eigenvalue weighted by molar-refractivity contribution is 0.102. The Kier molecular flexibility index (Phi) is 3.32. The molecule has 104 valence electrons. The average Bonchev–Trinajstić information content (AvgIpc) is 2.50. The third kappa shape index (κ3) is 2.58. The summed E-state index contributed by atoms with van der Waals surface area (Å²) in [6, 6.07) is 19.1. The van der Waals surface area contributed by atoms with Gasteiger partial charge >= 0.3 is 0 Å². The molecule has 3 rings (SSSR count). The molecule has 0 heterocycles. The maximum atomic E-state index is 12.5. The number of amides is 1. The Hall–Kier alpha value is -2.81. The minimum Gasteiger partial charge on any atom is -0.397 e. The summed E-state index contributed by atoms with van der Waals surface area (Å²) in [6.45, 7) is 1.97. The molecule has 0 aliphatic rings. The highest BCUT2D eigenvalue weighted by Gasteiger charge is 2.11.